The minimum absolute atomic E-state index is 0.0408. The first-order chi connectivity index (χ1) is 12.6. The Morgan fingerprint density at radius 1 is 1.08 bits per heavy atom. The van der Waals surface area contributed by atoms with Crippen molar-refractivity contribution in [3.8, 4) is 11.5 Å². The van der Waals surface area contributed by atoms with Gasteiger partial charge in [-0.05, 0) is 48.5 Å². The topological polar surface area (TPSA) is 74.5 Å². The highest BCUT2D eigenvalue weighted by molar-refractivity contribution is 7.99. The van der Waals surface area contributed by atoms with Gasteiger partial charge in [-0.25, -0.2) is 0 Å². The van der Waals surface area contributed by atoms with Gasteiger partial charge >= 0.3 is 0 Å². The van der Waals surface area contributed by atoms with Crippen LogP contribution in [0.5, 0.6) is 11.5 Å². The molecule has 0 spiro atoms. The zero-order valence-corrected chi connectivity index (χ0v) is 15.4. The first-order valence-corrected chi connectivity index (χ1v) is 9.01. The number of benzene rings is 2. The van der Waals surface area contributed by atoms with E-state index in [-0.39, 0.29) is 18.1 Å². The summed E-state index contributed by atoms with van der Waals surface area (Å²) in [7, 11) is 1.60. The number of ether oxygens (including phenoxy) is 2. The van der Waals surface area contributed by atoms with Crippen LogP contribution in [0.15, 0.2) is 58.2 Å². The van der Waals surface area contributed by atoms with E-state index in [4.69, 9.17) is 25.5 Å². The minimum atomic E-state index is -0.0408. The molecule has 0 aliphatic carbocycles. The number of methoxy groups -OCH3 is 1. The van der Waals surface area contributed by atoms with E-state index >= 15 is 0 Å². The lowest BCUT2D eigenvalue weighted by atomic mass is 10.1. The van der Waals surface area contributed by atoms with Gasteiger partial charge in [0.05, 0.1) is 12.9 Å². The summed E-state index contributed by atoms with van der Waals surface area (Å²) in [6.07, 6.45) is 0. The molecule has 134 valence electrons. The Hall–Kier alpha value is -2.51. The van der Waals surface area contributed by atoms with Crippen molar-refractivity contribution >= 4 is 29.1 Å². The third-order valence-electron chi connectivity index (χ3n) is 3.36. The average Bonchev–Trinajstić information content (AvgIpc) is 3.13. The molecular weight excluding hydrogens is 376 g/mol. The summed E-state index contributed by atoms with van der Waals surface area (Å²) in [6, 6.07) is 13.9. The van der Waals surface area contributed by atoms with Crippen LogP contribution in [0.3, 0.4) is 0 Å². The van der Waals surface area contributed by atoms with E-state index < -0.39 is 0 Å². The number of ketones is 1. The van der Waals surface area contributed by atoms with Gasteiger partial charge < -0.3 is 13.9 Å². The van der Waals surface area contributed by atoms with Crippen molar-refractivity contribution in [3.05, 3.63) is 65.0 Å². The number of rotatable bonds is 8. The summed E-state index contributed by atoms with van der Waals surface area (Å²) in [5.74, 6) is 1.90. The lowest BCUT2D eigenvalue weighted by Crippen LogP contribution is -2.01. The van der Waals surface area contributed by atoms with Crippen LogP contribution in [0.1, 0.15) is 16.2 Å². The van der Waals surface area contributed by atoms with Crippen molar-refractivity contribution in [3.63, 3.8) is 0 Å². The number of carbonyl (C=O) groups is 1. The van der Waals surface area contributed by atoms with E-state index in [0.717, 1.165) is 5.75 Å². The Morgan fingerprint density at radius 2 is 1.77 bits per heavy atom. The van der Waals surface area contributed by atoms with Crippen molar-refractivity contribution in [1.29, 1.82) is 0 Å². The van der Waals surface area contributed by atoms with Crippen molar-refractivity contribution in [1.82, 2.24) is 10.2 Å². The van der Waals surface area contributed by atoms with E-state index in [1.807, 2.05) is 0 Å². The summed E-state index contributed by atoms with van der Waals surface area (Å²) in [5, 5.41) is 8.73. The first-order valence-electron chi connectivity index (χ1n) is 7.65. The zero-order chi connectivity index (χ0) is 18.4. The summed E-state index contributed by atoms with van der Waals surface area (Å²) in [5.41, 5.74) is 0.587. The molecule has 26 heavy (non-hydrogen) atoms. The number of thioether (sulfide) groups is 1. The molecule has 0 saturated heterocycles. The summed E-state index contributed by atoms with van der Waals surface area (Å²) >= 11 is 6.99. The van der Waals surface area contributed by atoms with Gasteiger partial charge in [-0.15, -0.1) is 10.2 Å². The molecular formula is C18H15ClN2O4S. The van der Waals surface area contributed by atoms with Crippen LogP contribution in [0.2, 0.25) is 5.02 Å². The first kappa shape index (κ1) is 18.3. The van der Waals surface area contributed by atoms with Crippen LogP contribution in [-0.2, 0) is 6.61 Å². The monoisotopic (exact) mass is 390 g/mol. The normalized spacial score (nSPS) is 10.5. The fourth-order valence-electron chi connectivity index (χ4n) is 2.02. The highest BCUT2D eigenvalue weighted by Crippen LogP contribution is 2.21. The van der Waals surface area contributed by atoms with Gasteiger partial charge in [0.15, 0.2) is 12.4 Å². The van der Waals surface area contributed by atoms with E-state index in [9.17, 15) is 4.79 Å². The number of hydrogen-bond donors (Lipinski definition) is 0. The van der Waals surface area contributed by atoms with Crippen molar-refractivity contribution in [2.45, 2.75) is 11.8 Å². The Balaban J connectivity index is 1.49. The van der Waals surface area contributed by atoms with E-state index in [2.05, 4.69) is 10.2 Å². The second-order valence-electron chi connectivity index (χ2n) is 5.14. The molecule has 0 aliphatic rings. The maximum Gasteiger partial charge on any atom is 0.277 e. The predicted octanol–water partition coefficient (Wildman–Crippen LogP) is 4.29. The Kier molecular flexibility index (Phi) is 6.14. The molecule has 3 aromatic rings. The Morgan fingerprint density at radius 3 is 2.46 bits per heavy atom. The van der Waals surface area contributed by atoms with Gasteiger partial charge in [-0.3, -0.25) is 4.79 Å². The number of nitrogens with zero attached hydrogens (tertiary/aromatic N) is 2. The number of Topliss-reactive ketones (excluding diaryl/α,β-unsaturated/α-hetero) is 1. The Labute approximate surface area is 159 Å². The maximum absolute atomic E-state index is 12.1. The highest BCUT2D eigenvalue weighted by Gasteiger charge is 2.12. The molecule has 0 radical (unpaired) electrons. The number of halogens is 1. The lowest BCUT2D eigenvalue weighted by molar-refractivity contribution is 0.102. The van der Waals surface area contributed by atoms with Gasteiger partial charge in [0.25, 0.3) is 11.1 Å². The fourth-order valence-corrected chi connectivity index (χ4v) is 2.82. The molecule has 0 amide bonds. The molecule has 0 N–H and O–H groups in total. The molecule has 8 heteroatoms. The van der Waals surface area contributed by atoms with Gasteiger partial charge in [-0.2, -0.15) is 0 Å². The second kappa shape index (κ2) is 8.73. The molecule has 1 heterocycles. The molecule has 0 saturated carbocycles. The van der Waals surface area contributed by atoms with E-state index in [1.54, 1.807) is 55.6 Å². The highest BCUT2D eigenvalue weighted by atomic mass is 35.5. The van der Waals surface area contributed by atoms with Crippen LogP contribution in [-0.4, -0.2) is 28.8 Å². The van der Waals surface area contributed by atoms with Gasteiger partial charge in [-0.1, -0.05) is 23.4 Å². The molecule has 0 fully saturated rings. The van der Waals surface area contributed by atoms with Gasteiger partial charge in [0, 0.05) is 10.6 Å². The Bertz CT molecular complexity index is 866. The number of hydrogen-bond acceptors (Lipinski definition) is 7. The molecule has 6 nitrogen and oxygen atoms in total. The van der Waals surface area contributed by atoms with Crippen LogP contribution < -0.4 is 9.47 Å². The van der Waals surface area contributed by atoms with Crippen molar-refractivity contribution in [2.75, 3.05) is 12.9 Å². The molecule has 3 rings (SSSR count). The zero-order valence-electron chi connectivity index (χ0n) is 13.8. The lowest BCUT2D eigenvalue weighted by Gasteiger charge is -2.04. The number of carbonyl (C=O) groups excluding carboxylic acids is 1. The molecule has 1 aromatic heterocycles. The third-order valence-corrected chi connectivity index (χ3v) is 4.43. The van der Waals surface area contributed by atoms with E-state index in [1.165, 1.54) is 11.8 Å². The van der Waals surface area contributed by atoms with Gasteiger partial charge in [0.1, 0.15) is 11.5 Å². The van der Waals surface area contributed by atoms with Crippen LogP contribution in [0.4, 0.5) is 0 Å². The van der Waals surface area contributed by atoms with Gasteiger partial charge in [0.2, 0.25) is 0 Å². The summed E-state index contributed by atoms with van der Waals surface area (Å²) in [6.45, 7) is 0.144. The quantitative estimate of drug-likeness (QED) is 0.419. The van der Waals surface area contributed by atoms with Crippen LogP contribution in [0.25, 0.3) is 0 Å². The summed E-state index contributed by atoms with van der Waals surface area (Å²) in [4.78, 5) is 12.1. The SMILES string of the molecule is COc1ccc(OCc2nnc(SCC(=O)c3ccc(Cl)cc3)o2)cc1. The largest absolute Gasteiger partial charge is 0.497 e. The number of aromatic nitrogens is 2. The standard InChI is InChI=1S/C18H15ClN2O4S/c1-23-14-6-8-15(9-7-14)24-10-17-20-21-18(25-17)26-11-16(22)12-2-4-13(19)5-3-12/h2-9H,10-11H2,1H3. The second-order valence-corrected chi connectivity index (χ2v) is 6.51. The van der Waals surface area contributed by atoms with Crippen LogP contribution >= 0.6 is 23.4 Å². The third kappa shape index (κ3) is 5.00. The fraction of sp³-hybridized carbons (Fsp3) is 0.167. The molecule has 0 atom stereocenters. The van der Waals surface area contributed by atoms with Crippen molar-refractivity contribution in [2.24, 2.45) is 0 Å². The average molecular weight is 391 g/mol. The molecule has 0 unspecified atom stereocenters. The van der Waals surface area contributed by atoms with Crippen molar-refractivity contribution < 1.29 is 18.7 Å². The molecule has 0 bridgehead atoms. The smallest absolute Gasteiger partial charge is 0.277 e. The van der Waals surface area contributed by atoms with E-state index in [0.29, 0.717) is 27.4 Å². The van der Waals surface area contributed by atoms with Crippen LogP contribution in [0, 0.1) is 0 Å². The molecule has 2 aromatic carbocycles. The predicted molar refractivity (Wildman–Crippen MR) is 98.1 cm³/mol. The maximum atomic E-state index is 12.1. The minimum Gasteiger partial charge on any atom is -0.497 e. The molecule has 0 aliphatic heterocycles. The summed E-state index contributed by atoms with van der Waals surface area (Å²) < 4.78 is 16.1.